The van der Waals surface area contributed by atoms with Crippen molar-refractivity contribution in [2.75, 3.05) is 13.2 Å². The van der Waals surface area contributed by atoms with E-state index in [9.17, 15) is 22.5 Å². The number of rotatable bonds is 10. The normalized spacial score (nSPS) is 13.3. The molecule has 7 nitrogen and oxygen atoms in total. The molecule has 0 aliphatic heterocycles. The summed E-state index contributed by atoms with van der Waals surface area (Å²) >= 11 is 5.93. The molecule has 0 spiro atoms. The summed E-state index contributed by atoms with van der Waals surface area (Å²) in [4.78, 5) is 12.9. The van der Waals surface area contributed by atoms with Crippen LogP contribution in [0.15, 0.2) is 30.3 Å². The van der Waals surface area contributed by atoms with E-state index in [2.05, 4.69) is 10.4 Å². The zero-order valence-electron chi connectivity index (χ0n) is 17.3. The highest BCUT2D eigenvalue weighted by Crippen LogP contribution is 2.60. The zero-order chi connectivity index (χ0) is 23.2. The molecule has 172 valence electrons. The summed E-state index contributed by atoms with van der Waals surface area (Å²) in [6.45, 7) is 3.74. The lowest BCUT2D eigenvalue weighted by Gasteiger charge is -2.28. The first-order valence-corrected chi connectivity index (χ1v) is 11.6. The van der Waals surface area contributed by atoms with E-state index >= 15 is 0 Å². The highest BCUT2D eigenvalue weighted by Gasteiger charge is 2.44. The Balaban J connectivity index is 2.52. The minimum Gasteiger partial charge on any atom is -0.334 e. The van der Waals surface area contributed by atoms with Gasteiger partial charge in [-0.2, -0.15) is 18.3 Å². The summed E-state index contributed by atoms with van der Waals surface area (Å²) in [5.41, 5.74) is -1.96. The maximum Gasteiger partial charge on any atom is 0.436 e. The van der Waals surface area contributed by atoms with E-state index in [-0.39, 0.29) is 13.2 Å². The standard InChI is InChI=1S/C19H24ClF3N3O4P/c1-4-11-29-31(28,30-12-5-2)18(13-9-7-6-8-10-13)24-17(27)14-15(19(21,22)23)25-26(3)16(14)20/h6-10,18H,4-5,11-12H2,1-3H3,(H,24,27). The highest BCUT2D eigenvalue weighted by molar-refractivity contribution is 7.54. The number of aromatic nitrogens is 2. The molecule has 31 heavy (non-hydrogen) atoms. The molecule has 0 saturated carbocycles. The van der Waals surface area contributed by atoms with Crippen LogP contribution in [0.25, 0.3) is 0 Å². The summed E-state index contributed by atoms with van der Waals surface area (Å²) in [5, 5.41) is 5.19. The third kappa shape index (κ3) is 6.10. The monoisotopic (exact) mass is 481 g/mol. The van der Waals surface area contributed by atoms with E-state index in [1.165, 1.54) is 7.05 Å². The van der Waals surface area contributed by atoms with Gasteiger partial charge in [0.05, 0.1) is 13.2 Å². The minimum absolute atomic E-state index is 0.0711. The molecule has 0 aliphatic carbocycles. The van der Waals surface area contributed by atoms with Crippen LogP contribution in [0.2, 0.25) is 5.15 Å². The number of carbonyl (C=O) groups excluding carboxylic acids is 1. The number of nitrogens with zero attached hydrogens (tertiary/aromatic N) is 2. The molecule has 0 bridgehead atoms. The lowest BCUT2D eigenvalue weighted by Crippen LogP contribution is -2.31. The Hall–Kier alpha value is -1.87. The van der Waals surface area contributed by atoms with E-state index in [0.29, 0.717) is 18.4 Å². The van der Waals surface area contributed by atoms with Gasteiger partial charge in [0.15, 0.2) is 11.5 Å². The number of hydrogen-bond donors (Lipinski definition) is 1. The Kier molecular flexibility index (Phi) is 8.71. The fourth-order valence-corrected chi connectivity index (χ4v) is 4.98. The first-order chi connectivity index (χ1) is 14.5. The van der Waals surface area contributed by atoms with Crippen molar-refractivity contribution in [2.24, 2.45) is 7.05 Å². The van der Waals surface area contributed by atoms with Gasteiger partial charge in [0.1, 0.15) is 10.7 Å². The third-order valence-electron chi connectivity index (χ3n) is 4.12. The molecule has 2 rings (SSSR count). The van der Waals surface area contributed by atoms with Gasteiger partial charge in [0.2, 0.25) is 0 Å². The van der Waals surface area contributed by atoms with Crippen LogP contribution in [0.5, 0.6) is 0 Å². The molecule has 1 atom stereocenters. The highest BCUT2D eigenvalue weighted by atomic mass is 35.5. The van der Waals surface area contributed by atoms with Gasteiger partial charge in [-0.1, -0.05) is 55.8 Å². The number of amides is 1. The number of benzene rings is 1. The topological polar surface area (TPSA) is 82.4 Å². The van der Waals surface area contributed by atoms with Crippen molar-refractivity contribution in [3.63, 3.8) is 0 Å². The molecule has 1 heterocycles. The molecule has 0 aliphatic rings. The van der Waals surface area contributed by atoms with Gasteiger partial charge in [-0.15, -0.1) is 0 Å². The maximum absolute atomic E-state index is 13.6. The van der Waals surface area contributed by atoms with Crippen molar-refractivity contribution in [1.29, 1.82) is 0 Å². The number of halogens is 4. The summed E-state index contributed by atoms with van der Waals surface area (Å²) < 4.78 is 65.6. The molecule has 1 aromatic carbocycles. The van der Waals surface area contributed by atoms with Crippen LogP contribution >= 0.6 is 19.2 Å². The van der Waals surface area contributed by atoms with Crippen molar-refractivity contribution in [3.8, 4) is 0 Å². The number of aryl methyl sites for hydroxylation is 1. The van der Waals surface area contributed by atoms with Crippen molar-refractivity contribution >= 4 is 25.1 Å². The van der Waals surface area contributed by atoms with Crippen LogP contribution in [0, 0.1) is 0 Å². The number of hydrogen-bond acceptors (Lipinski definition) is 5. The summed E-state index contributed by atoms with van der Waals surface area (Å²) in [7, 11) is -2.82. The van der Waals surface area contributed by atoms with Gasteiger partial charge in [-0.05, 0) is 18.4 Å². The lowest BCUT2D eigenvalue weighted by molar-refractivity contribution is -0.141. The Labute approximate surface area is 183 Å². The fraction of sp³-hybridized carbons (Fsp3) is 0.474. The van der Waals surface area contributed by atoms with Crippen molar-refractivity contribution in [3.05, 3.63) is 52.3 Å². The first-order valence-electron chi connectivity index (χ1n) is 9.59. The number of carbonyl (C=O) groups is 1. The summed E-state index contributed by atoms with van der Waals surface area (Å²) in [5.74, 6) is -2.55. The second-order valence-electron chi connectivity index (χ2n) is 6.63. The summed E-state index contributed by atoms with van der Waals surface area (Å²) in [6.07, 6.45) is -3.88. The van der Waals surface area contributed by atoms with Crippen LogP contribution in [0.1, 0.15) is 54.1 Å². The molecule has 2 aromatic rings. The Morgan fingerprint density at radius 2 is 1.74 bits per heavy atom. The predicted molar refractivity (Wildman–Crippen MR) is 110 cm³/mol. The third-order valence-corrected chi connectivity index (χ3v) is 6.70. The zero-order valence-corrected chi connectivity index (χ0v) is 18.9. The number of nitrogens with one attached hydrogen (secondary N) is 1. The van der Waals surface area contributed by atoms with Gasteiger partial charge < -0.3 is 14.4 Å². The molecular weight excluding hydrogens is 458 g/mol. The fourth-order valence-electron chi connectivity index (χ4n) is 2.70. The molecule has 0 saturated heterocycles. The van der Waals surface area contributed by atoms with Gasteiger partial charge >= 0.3 is 13.8 Å². The molecular formula is C19H24ClF3N3O4P. The summed E-state index contributed by atoms with van der Waals surface area (Å²) in [6, 6.07) is 8.11. The average molecular weight is 482 g/mol. The van der Waals surface area contributed by atoms with Crippen molar-refractivity contribution in [2.45, 2.75) is 38.6 Å². The van der Waals surface area contributed by atoms with Crippen LogP contribution in [-0.4, -0.2) is 28.9 Å². The van der Waals surface area contributed by atoms with E-state index in [0.717, 1.165) is 4.68 Å². The van der Waals surface area contributed by atoms with Crippen LogP contribution in [-0.2, 0) is 26.8 Å². The number of alkyl halides is 3. The second kappa shape index (κ2) is 10.6. The Bertz CT molecular complexity index is 925. The smallest absolute Gasteiger partial charge is 0.334 e. The molecule has 1 amide bonds. The molecule has 1 N–H and O–H groups in total. The maximum atomic E-state index is 13.6. The first kappa shape index (κ1) is 25.4. The molecule has 12 heteroatoms. The van der Waals surface area contributed by atoms with Crippen LogP contribution < -0.4 is 5.32 Å². The molecule has 0 fully saturated rings. The Morgan fingerprint density at radius 1 is 1.19 bits per heavy atom. The quantitative estimate of drug-likeness (QED) is 0.449. The van der Waals surface area contributed by atoms with Crippen molar-refractivity contribution < 1.29 is 31.6 Å². The Morgan fingerprint density at radius 3 is 2.23 bits per heavy atom. The van der Waals surface area contributed by atoms with Gasteiger partial charge in [-0.3, -0.25) is 14.0 Å². The lowest BCUT2D eigenvalue weighted by atomic mass is 10.2. The van der Waals surface area contributed by atoms with Gasteiger partial charge in [0.25, 0.3) is 5.91 Å². The van der Waals surface area contributed by atoms with E-state index < -0.39 is 41.9 Å². The van der Waals surface area contributed by atoms with E-state index in [1.807, 2.05) is 0 Å². The SMILES string of the molecule is CCCOP(=O)(OCCC)C(NC(=O)c1c(C(F)(F)F)nn(C)c1Cl)c1ccccc1. The molecule has 0 radical (unpaired) electrons. The van der Waals surface area contributed by atoms with Crippen LogP contribution in [0.4, 0.5) is 13.2 Å². The van der Waals surface area contributed by atoms with Crippen molar-refractivity contribution in [1.82, 2.24) is 15.1 Å². The van der Waals surface area contributed by atoms with E-state index in [1.54, 1.807) is 44.2 Å². The predicted octanol–water partition coefficient (Wildman–Crippen LogP) is 5.57. The van der Waals surface area contributed by atoms with Crippen LogP contribution in [0.3, 0.4) is 0 Å². The molecule has 1 unspecified atom stereocenters. The van der Waals surface area contributed by atoms with Gasteiger partial charge in [-0.25, -0.2) is 0 Å². The van der Waals surface area contributed by atoms with E-state index in [4.69, 9.17) is 20.6 Å². The molecule has 1 aromatic heterocycles. The van der Waals surface area contributed by atoms with Gasteiger partial charge in [0, 0.05) is 7.05 Å². The largest absolute Gasteiger partial charge is 0.436 e. The average Bonchev–Trinajstić information content (AvgIpc) is 3.04. The second-order valence-corrected chi connectivity index (χ2v) is 9.10. The minimum atomic E-state index is -4.92.